The molecular formula is C26H19N. The van der Waals surface area contributed by atoms with Crippen LogP contribution in [0.15, 0.2) is 97.1 Å². The van der Waals surface area contributed by atoms with Gasteiger partial charge in [-0.15, -0.1) is 0 Å². The van der Waals surface area contributed by atoms with Gasteiger partial charge in [0.15, 0.2) is 0 Å². The lowest BCUT2D eigenvalue weighted by atomic mass is 9.96. The molecule has 1 N–H and O–H groups in total. The number of rotatable bonds is 3. The van der Waals surface area contributed by atoms with Crippen molar-refractivity contribution in [3.8, 4) is 11.1 Å². The van der Waals surface area contributed by atoms with E-state index in [1.165, 1.54) is 44.1 Å². The number of aromatic nitrogens is 1. The van der Waals surface area contributed by atoms with E-state index in [2.05, 4.69) is 108 Å². The average molecular weight is 345 g/mol. The number of nitrogens with one attached hydrogen (secondary N) is 1. The Morgan fingerprint density at radius 2 is 1.26 bits per heavy atom. The van der Waals surface area contributed by atoms with Crippen LogP contribution in [-0.2, 0) is 0 Å². The van der Waals surface area contributed by atoms with Gasteiger partial charge in [0.25, 0.3) is 0 Å². The zero-order chi connectivity index (χ0) is 18.1. The zero-order valence-electron chi connectivity index (χ0n) is 14.9. The molecule has 0 bridgehead atoms. The first kappa shape index (κ1) is 15.7. The van der Waals surface area contributed by atoms with Crippen molar-refractivity contribution in [3.05, 3.63) is 108 Å². The van der Waals surface area contributed by atoms with Crippen LogP contribution in [0, 0.1) is 0 Å². The Kier molecular flexibility index (Phi) is 3.84. The summed E-state index contributed by atoms with van der Waals surface area (Å²) < 4.78 is 0. The monoisotopic (exact) mass is 345 g/mol. The van der Waals surface area contributed by atoms with Crippen LogP contribution < -0.4 is 0 Å². The molecule has 5 rings (SSSR count). The Balaban J connectivity index is 1.74. The van der Waals surface area contributed by atoms with E-state index < -0.39 is 0 Å². The van der Waals surface area contributed by atoms with Gasteiger partial charge in [-0.2, -0.15) is 0 Å². The van der Waals surface area contributed by atoms with Crippen LogP contribution in [0.3, 0.4) is 0 Å². The molecule has 1 nitrogen and oxygen atoms in total. The van der Waals surface area contributed by atoms with Crippen LogP contribution in [0.2, 0.25) is 0 Å². The van der Waals surface area contributed by atoms with Gasteiger partial charge in [-0.05, 0) is 40.5 Å². The van der Waals surface area contributed by atoms with E-state index in [0.717, 1.165) is 0 Å². The molecular weight excluding hydrogens is 326 g/mol. The van der Waals surface area contributed by atoms with Gasteiger partial charge in [-0.3, -0.25) is 0 Å². The van der Waals surface area contributed by atoms with E-state index in [4.69, 9.17) is 0 Å². The number of hydrogen-bond donors (Lipinski definition) is 1. The van der Waals surface area contributed by atoms with Crippen LogP contribution in [-0.4, -0.2) is 4.98 Å². The Morgan fingerprint density at radius 1 is 0.556 bits per heavy atom. The molecule has 0 amide bonds. The van der Waals surface area contributed by atoms with E-state index >= 15 is 0 Å². The summed E-state index contributed by atoms with van der Waals surface area (Å²) in [4.78, 5) is 3.56. The van der Waals surface area contributed by atoms with Crippen molar-refractivity contribution in [3.63, 3.8) is 0 Å². The van der Waals surface area contributed by atoms with E-state index in [1.807, 2.05) is 6.07 Å². The second-order valence-electron chi connectivity index (χ2n) is 6.77. The summed E-state index contributed by atoms with van der Waals surface area (Å²) in [5.74, 6) is 0. The molecule has 27 heavy (non-hydrogen) atoms. The van der Waals surface area contributed by atoms with E-state index in [-0.39, 0.29) is 0 Å². The minimum atomic E-state index is 1.17. The van der Waals surface area contributed by atoms with Gasteiger partial charge in [0.2, 0.25) is 0 Å². The maximum Gasteiger partial charge on any atom is 0.0471 e. The van der Waals surface area contributed by atoms with Crippen molar-refractivity contribution in [1.29, 1.82) is 0 Å². The minimum Gasteiger partial charge on any atom is -0.354 e. The summed E-state index contributed by atoms with van der Waals surface area (Å²) in [6.45, 7) is 0. The highest BCUT2D eigenvalue weighted by Crippen LogP contribution is 2.33. The second kappa shape index (κ2) is 6.62. The number of aromatic amines is 1. The van der Waals surface area contributed by atoms with Crippen LogP contribution in [0.4, 0.5) is 0 Å². The first-order valence-corrected chi connectivity index (χ1v) is 9.21. The van der Waals surface area contributed by atoms with E-state index in [0.29, 0.717) is 0 Å². The molecule has 1 heteroatoms. The molecule has 1 heterocycles. The van der Waals surface area contributed by atoms with Crippen molar-refractivity contribution in [1.82, 2.24) is 4.98 Å². The first-order chi connectivity index (χ1) is 13.4. The van der Waals surface area contributed by atoms with Gasteiger partial charge in [-0.1, -0.05) is 91.0 Å². The summed E-state index contributed by atoms with van der Waals surface area (Å²) >= 11 is 0. The number of benzene rings is 4. The molecule has 0 aliphatic carbocycles. The van der Waals surface area contributed by atoms with Crippen molar-refractivity contribution < 1.29 is 0 Å². The molecule has 0 aliphatic heterocycles. The molecule has 0 atom stereocenters. The van der Waals surface area contributed by atoms with Crippen LogP contribution >= 0.6 is 0 Å². The van der Waals surface area contributed by atoms with Gasteiger partial charge >= 0.3 is 0 Å². The fourth-order valence-corrected chi connectivity index (χ4v) is 3.67. The summed E-state index contributed by atoms with van der Waals surface area (Å²) in [5, 5.41) is 2.53. The highest BCUT2D eigenvalue weighted by molar-refractivity contribution is 6.09. The molecule has 0 saturated heterocycles. The molecule has 4 aromatic carbocycles. The third-order valence-electron chi connectivity index (χ3n) is 5.02. The number of fused-ring (bicyclic) bond motifs is 3. The standard InChI is InChI=1S/C26H19N/c1-3-9-19(10-4-1)15-16-21-17-26-24(22-13-7-8-14-25(22)27-26)18-23(21)20-11-5-2-6-12-20/h1-18,27H/b16-15+. The number of para-hydroxylation sites is 1. The SMILES string of the molecule is C(=C\c1cc2[nH]c3ccccc3c2cc1-c1ccccc1)/c1ccccc1. The highest BCUT2D eigenvalue weighted by Gasteiger charge is 2.09. The smallest absolute Gasteiger partial charge is 0.0471 e. The van der Waals surface area contributed by atoms with Gasteiger partial charge in [-0.25, -0.2) is 0 Å². The normalized spacial score (nSPS) is 11.6. The predicted molar refractivity (Wildman–Crippen MR) is 117 cm³/mol. The summed E-state index contributed by atoms with van der Waals surface area (Å²) in [5.41, 5.74) is 7.24. The maximum atomic E-state index is 3.56. The lowest BCUT2D eigenvalue weighted by Crippen LogP contribution is -1.84. The Hall–Kier alpha value is -3.58. The second-order valence-corrected chi connectivity index (χ2v) is 6.77. The fraction of sp³-hybridized carbons (Fsp3) is 0. The van der Waals surface area contributed by atoms with Crippen molar-refractivity contribution in [2.75, 3.05) is 0 Å². The largest absolute Gasteiger partial charge is 0.354 e. The lowest BCUT2D eigenvalue weighted by Gasteiger charge is -2.08. The summed E-state index contributed by atoms with van der Waals surface area (Å²) in [6, 6.07) is 34.1. The number of H-pyrrole nitrogens is 1. The van der Waals surface area contributed by atoms with Crippen LogP contribution in [0.25, 0.3) is 45.1 Å². The molecule has 0 saturated carbocycles. The first-order valence-electron chi connectivity index (χ1n) is 9.21. The molecule has 0 unspecified atom stereocenters. The van der Waals surface area contributed by atoms with Gasteiger partial charge < -0.3 is 4.98 Å². The Bertz CT molecular complexity index is 1250. The molecule has 0 aliphatic rings. The lowest BCUT2D eigenvalue weighted by molar-refractivity contribution is 1.53. The van der Waals surface area contributed by atoms with E-state index in [9.17, 15) is 0 Å². The topological polar surface area (TPSA) is 15.8 Å². The Labute approximate surface area is 158 Å². The third kappa shape index (κ3) is 2.94. The zero-order valence-corrected chi connectivity index (χ0v) is 14.9. The maximum absolute atomic E-state index is 3.56. The minimum absolute atomic E-state index is 1.17. The van der Waals surface area contributed by atoms with Crippen LogP contribution in [0.1, 0.15) is 11.1 Å². The molecule has 0 radical (unpaired) electrons. The highest BCUT2D eigenvalue weighted by atomic mass is 14.7. The molecule has 1 aromatic heterocycles. The fourth-order valence-electron chi connectivity index (χ4n) is 3.67. The summed E-state index contributed by atoms with van der Waals surface area (Å²) in [6.07, 6.45) is 4.39. The van der Waals surface area contributed by atoms with Gasteiger partial charge in [0.05, 0.1) is 0 Å². The summed E-state index contributed by atoms with van der Waals surface area (Å²) in [7, 11) is 0. The van der Waals surface area contributed by atoms with E-state index in [1.54, 1.807) is 0 Å². The third-order valence-corrected chi connectivity index (χ3v) is 5.02. The van der Waals surface area contributed by atoms with Crippen molar-refractivity contribution >= 4 is 34.0 Å². The molecule has 0 fully saturated rings. The average Bonchev–Trinajstić information content (AvgIpc) is 3.10. The quantitative estimate of drug-likeness (QED) is 0.334. The number of hydrogen-bond acceptors (Lipinski definition) is 0. The van der Waals surface area contributed by atoms with Crippen molar-refractivity contribution in [2.45, 2.75) is 0 Å². The predicted octanol–water partition coefficient (Wildman–Crippen LogP) is 7.16. The molecule has 5 aromatic rings. The van der Waals surface area contributed by atoms with Gasteiger partial charge in [0, 0.05) is 21.8 Å². The van der Waals surface area contributed by atoms with Crippen molar-refractivity contribution in [2.24, 2.45) is 0 Å². The molecule has 128 valence electrons. The Morgan fingerprint density at radius 3 is 2.07 bits per heavy atom. The van der Waals surface area contributed by atoms with Crippen LogP contribution in [0.5, 0.6) is 0 Å². The molecule has 0 spiro atoms. The van der Waals surface area contributed by atoms with Gasteiger partial charge in [0.1, 0.15) is 0 Å².